The molecular formula is C19H16Cl2F3NO. The van der Waals surface area contributed by atoms with E-state index in [4.69, 9.17) is 23.2 Å². The molecule has 0 saturated heterocycles. The Balaban J connectivity index is 2.27. The SMILES string of the molecule is CCNC(=O)c1ccc(/C=C/C(c2cc(Cl)cc(Cl)c2)C(F)(F)F)cc1. The lowest BCUT2D eigenvalue weighted by atomic mass is 9.97. The predicted octanol–water partition coefficient (Wildman–Crippen LogP) is 6.10. The van der Waals surface area contributed by atoms with Crippen LogP contribution in [-0.4, -0.2) is 18.6 Å². The Hall–Kier alpha value is -1.98. The number of carbonyl (C=O) groups excluding carboxylic acids is 1. The van der Waals surface area contributed by atoms with Crippen LogP contribution in [0.4, 0.5) is 13.2 Å². The van der Waals surface area contributed by atoms with Crippen LogP contribution in [-0.2, 0) is 0 Å². The highest BCUT2D eigenvalue weighted by Gasteiger charge is 2.39. The Labute approximate surface area is 159 Å². The minimum absolute atomic E-state index is 0.0369. The lowest BCUT2D eigenvalue weighted by Gasteiger charge is -2.18. The normalized spacial score (nSPS) is 13.0. The largest absolute Gasteiger partial charge is 0.399 e. The first-order chi connectivity index (χ1) is 12.2. The van der Waals surface area contributed by atoms with Gasteiger partial charge in [-0.1, -0.05) is 47.5 Å². The molecule has 2 aromatic rings. The van der Waals surface area contributed by atoms with Crippen LogP contribution in [0.1, 0.15) is 34.3 Å². The fraction of sp³-hybridized carbons (Fsp3) is 0.211. The third kappa shape index (κ3) is 5.51. The van der Waals surface area contributed by atoms with Gasteiger partial charge in [-0.3, -0.25) is 4.79 Å². The number of nitrogens with one attached hydrogen (secondary N) is 1. The van der Waals surface area contributed by atoms with Gasteiger partial charge in [-0.05, 0) is 48.4 Å². The lowest BCUT2D eigenvalue weighted by molar-refractivity contribution is -0.139. The zero-order valence-electron chi connectivity index (χ0n) is 13.8. The molecule has 26 heavy (non-hydrogen) atoms. The van der Waals surface area contributed by atoms with E-state index in [1.54, 1.807) is 31.2 Å². The Morgan fingerprint density at radius 3 is 2.19 bits per heavy atom. The third-order valence-corrected chi connectivity index (χ3v) is 4.02. The molecule has 138 valence electrons. The molecule has 2 aromatic carbocycles. The standard InChI is InChI=1S/C19H16Cl2F3NO/c1-2-25-18(26)13-6-3-12(4-7-13)5-8-17(19(22,23)24)14-9-15(20)11-16(21)10-14/h3-11,17H,2H2,1H3,(H,25,26)/b8-5+. The fourth-order valence-corrected chi connectivity index (χ4v) is 2.92. The first-order valence-electron chi connectivity index (χ1n) is 7.80. The van der Waals surface area contributed by atoms with Gasteiger partial charge in [0.2, 0.25) is 0 Å². The van der Waals surface area contributed by atoms with Gasteiger partial charge in [-0.15, -0.1) is 0 Å². The van der Waals surface area contributed by atoms with Crippen LogP contribution < -0.4 is 5.32 Å². The van der Waals surface area contributed by atoms with Crippen molar-refractivity contribution in [1.29, 1.82) is 0 Å². The fourth-order valence-electron chi connectivity index (χ4n) is 2.38. The summed E-state index contributed by atoms with van der Waals surface area (Å²) < 4.78 is 40.3. The van der Waals surface area contributed by atoms with Crippen molar-refractivity contribution in [3.05, 3.63) is 75.3 Å². The minimum Gasteiger partial charge on any atom is -0.352 e. The van der Waals surface area contributed by atoms with Gasteiger partial charge in [0.05, 0.1) is 5.92 Å². The highest BCUT2D eigenvalue weighted by molar-refractivity contribution is 6.34. The van der Waals surface area contributed by atoms with Gasteiger partial charge in [0.15, 0.2) is 0 Å². The first kappa shape index (κ1) is 20.3. The Kier molecular flexibility index (Phi) is 6.73. The third-order valence-electron chi connectivity index (χ3n) is 3.59. The van der Waals surface area contributed by atoms with Crippen LogP contribution in [0.15, 0.2) is 48.5 Å². The quantitative estimate of drug-likeness (QED) is 0.643. The minimum atomic E-state index is -4.49. The van der Waals surface area contributed by atoms with Crippen LogP contribution in [0.2, 0.25) is 10.0 Å². The Bertz CT molecular complexity index is 781. The van der Waals surface area contributed by atoms with Gasteiger partial charge in [0, 0.05) is 22.2 Å². The van der Waals surface area contributed by atoms with Crippen LogP contribution in [0.5, 0.6) is 0 Å². The van der Waals surface area contributed by atoms with E-state index in [2.05, 4.69) is 5.32 Å². The molecule has 2 rings (SSSR count). The van der Waals surface area contributed by atoms with Gasteiger partial charge in [-0.25, -0.2) is 0 Å². The number of benzene rings is 2. The number of hydrogen-bond acceptors (Lipinski definition) is 1. The topological polar surface area (TPSA) is 29.1 Å². The van der Waals surface area contributed by atoms with E-state index in [1.807, 2.05) is 0 Å². The monoisotopic (exact) mass is 401 g/mol. The molecule has 1 unspecified atom stereocenters. The number of alkyl halides is 3. The number of halogens is 5. The molecule has 0 spiro atoms. The van der Waals surface area contributed by atoms with Gasteiger partial charge < -0.3 is 5.32 Å². The number of rotatable bonds is 5. The van der Waals surface area contributed by atoms with E-state index in [0.29, 0.717) is 17.7 Å². The Morgan fingerprint density at radius 1 is 1.12 bits per heavy atom. The molecule has 0 radical (unpaired) electrons. The maximum atomic E-state index is 13.4. The van der Waals surface area contributed by atoms with Gasteiger partial charge in [0.1, 0.15) is 0 Å². The summed E-state index contributed by atoms with van der Waals surface area (Å²) in [7, 11) is 0. The molecule has 0 aliphatic carbocycles. The summed E-state index contributed by atoms with van der Waals surface area (Å²) in [6, 6.07) is 10.2. The van der Waals surface area contributed by atoms with Crippen molar-refractivity contribution >= 4 is 35.2 Å². The van der Waals surface area contributed by atoms with Crippen molar-refractivity contribution in [2.24, 2.45) is 0 Å². The van der Waals surface area contributed by atoms with Crippen molar-refractivity contribution in [3.63, 3.8) is 0 Å². The average Bonchev–Trinajstić information content (AvgIpc) is 2.53. The second-order valence-corrected chi connectivity index (χ2v) is 6.44. The second kappa shape index (κ2) is 8.60. The van der Waals surface area contributed by atoms with E-state index < -0.39 is 12.1 Å². The van der Waals surface area contributed by atoms with Crippen molar-refractivity contribution < 1.29 is 18.0 Å². The zero-order chi connectivity index (χ0) is 19.3. The average molecular weight is 402 g/mol. The molecule has 7 heteroatoms. The van der Waals surface area contributed by atoms with Crippen LogP contribution >= 0.6 is 23.2 Å². The summed E-state index contributed by atoms with van der Waals surface area (Å²) in [4.78, 5) is 11.7. The molecule has 0 aliphatic rings. The van der Waals surface area contributed by atoms with E-state index in [9.17, 15) is 18.0 Å². The Morgan fingerprint density at radius 2 is 1.69 bits per heavy atom. The van der Waals surface area contributed by atoms with Crippen molar-refractivity contribution in [2.45, 2.75) is 19.0 Å². The van der Waals surface area contributed by atoms with E-state index >= 15 is 0 Å². The molecule has 0 bridgehead atoms. The summed E-state index contributed by atoms with van der Waals surface area (Å²) >= 11 is 11.6. The highest BCUT2D eigenvalue weighted by atomic mass is 35.5. The van der Waals surface area contributed by atoms with Crippen molar-refractivity contribution in [2.75, 3.05) is 6.54 Å². The molecule has 1 amide bonds. The van der Waals surface area contributed by atoms with Crippen molar-refractivity contribution in [1.82, 2.24) is 5.32 Å². The zero-order valence-corrected chi connectivity index (χ0v) is 15.3. The van der Waals surface area contributed by atoms with Gasteiger partial charge in [0.25, 0.3) is 5.91 Å². The number of allylic oxidation sites excluding steroid dienone is 1. The molecule has 0 aliphatic heterocycles. The predicted molar refractivity (Wildman–Crippen MR) is 98.7 cm³/mol. The molecule has 0 saturated carbocycles. The van der Waals surface area contributed by atoms with E-state index in [1.165, 1.54) is 24.3 Å². The first-order valence-corrected chi connectivity index (χ1v) is 8.55. The number of carbonyl (C=O) groups is 1. The van der Waals surface area contributed by atoms with Crippen LogP contribution in [0.3, 0.4) is 0 Å². The lowest BCUT2D eigenvalue weighted by Crippen LogP contribution is -2.22. The summed E-state index contributed by atoms with van der Waals surface area (Å²) in [5.74, 6) is -2.08. The molecule has 0 fully saturated rings. The molecule has 2 nitrogen and oxygen atoms in total. The van der Waals surface area contributed by atoms with Crippen molar-refractivity contribution in [3.8, 4) is 0 Å². The second-order valence-electron chi connectivity index (χ2n) is 5.56. The van der Waals surface area contributed by atoms with Crippen LogP contribution in [0, 0.1) is 0 Å². The smallest absolute Gasteiger partial charge is 0.352 e. The van der Waals surface area contributed by atoms with Gasteiger partial charge in [-0.2, -0.15) is 13.2 Å². The summed E-state index contributed by atoms with van der Waals surface area (Å²) in [6.07, 6.45) is -2.09. The van der Waals surface area contributed by atoms with Crippen LogP contribution in [0.25, 0.3) is 6.08 Å². The van der Waals surface area contributed by atoms with Gasteiger partial charge >= 0.3 is 6.18 Å². The maximum absolute atomic E-state index is 13.4. The number of hydrogen-bond donors (Lipinski definition) is 1. The van der Waals surface area contributed by atoms with E-state index in [-0.39, 0.29) is 21.5 Å². The number of amides is 1. The molecule has 1 N–H and O–H groups in total. The van der Waals surface area contributed by atoms with E-state index in [0.717, 1.165) is 6.08 Å². The summed E-state index contributed by atoms with van der Waals surface area (Å²) in [6.45, 7) is 2.30. The molecule has 0 aromatic heterocycles. The maximum Gasteiger partial charge on any atom is 0.399 e. The summed E-state index contributed by atoms with van der Waals surface area (Å²) in [5.41, 5.74) is 0.948. The highest BCUT2D eigenvalue weighted by Crippen LogP contribution is 2.38. The summed E-state index contributed by atoms with van der Waals surface area (Å²) in [5, 5.41) is 2.93. The molecular weight excluding hydrogens is 386 g/mol. The molecule has 1 atom stereocenters. The molecule has 0 heterocycles.